The number of fused-ring (bicyclic) bond motifs is 1. The predicted molar refractivity (Wildman–Crippen MR) is 126 cm³/mol. The topological polar surface area (TPSA) is 90.5 Å². The molecule has 4 aromatic rings. The minimum Gasteiger partial charge on any atom is -0.506 e. The minimum atomic E-state index is -0.668. The normalized spacial score (nSPS) is 11.4. The lowest BCUT2D eigenvalue weighted by Crippen LogP contribution is -2.17. The molecule has 0 saturated heterocycles. The molecular weight excluding hydrogens is 422 g/mol. The number of para-hydroxylation sites is 1. The third-order valence-corrected chi connectivity index (χ3v) is 5.21. The Morgan fingerprint density at radius 2 is 1.55 bits per heavy atom. The standard InChI is InChI=1S/C26H23NO6/c1-30-20-13-16(14-21(31-2)25(20)32-3)15-27-23(17-9-5-4-6-10-17)22-24(28)18-11-7-8-12-19(18)33-26(22)29/h4-14,28H,15H2,1-3H3. The second kappa shape index (κ2) is 9.48. The number of aliphatic imine (C=N–C) groups is 1. The van der Waals surface area contributed by atoms with E-state index in [-0.39, 0.29) is 17.9 Å². The van der Waals surface area contributed by atoms with Gasteiger partial charge in [0, 0.05) is 5.56 Å². The second-order valence-corrected chi connectivity index (χ2v) is 7.17. The quantitative estimate of drug-likeness (QED) is 0.331. The van der Waals surface area contributed by atoms with Gasteiger partial charge in [-0.1, -0.05) is 42.5 Å². The van der Waals surface area contributed by atoms with Crippen molar-refractivity contribution in [1.82, 2.24) is 0 Å². The molecule has 0 spiro atoms. The van der Waals surface area contributed by atoms with Crippen LogP contribution in [0, 0.1) is 0 Å². The van der Waals surface area contributed by atoms with Crippen LogP contribution in [0.25, 0.3) is 11.0 Å². The van der Waals surface area contributed by atoms with Gasteiger partial charge >= 0.3 is 5.63 Å². The van der Waals surface area contributed by atoms with E-state index in [4.69, 9.17) is 23.6 Å². The summed E-state index contributed by atoms with van der Waals surface area (Å²) < 4.78 is 21.7. The predicted octanol–water partition coefficient (Wildman–Crippen LogP) is 4.56. The van der Waals surface area contributed by atoms with Crippen molar-refractivity contribution in [2.45, 2.75) is 6.54 Å². The number of methoxy groups -OCH3 is 3. The summed E-state index contributed by atoms with van der Waals surface area (Å²) in [6, 6.07) is 19.6. The fraction of sp³-hybridized carbons (Fsp3) is 0.154. The van der Waals surface area contributed by atoms with Gasteiger partial charge in [-0.05, 0) is 29.8 Å². The van der Waals surface area contributed by atoms with Gasteiger partial charge in [0.05, 0.1) is 39.0 Å². The maximum absolute atomic E-state index is 12.9. The van der Waals surface area contributed by atoms with Crippen LogP contribution >= 0.6 is 0 Å². The van der Waals surface area contributed by atoms with E-state index in [1.54, 1.807) is 36.4 Å². The molecule has 1 heterocycles. The van der Waals surface area contributed by atoms with E-state index in [9.17, 15) is 9.90 Å². The molecule has 168 valence electrons. The molecular formula is C26H23NO6. The molecule has 0 atom stereocenters. The van der Waals surface area contributed by atoms with Gasteiger partial charge in [-0.25, -0.2) is 4.79 Å². The summed E-state index contributed by atoms with van der Waals surface area (Å²) in [7, 11) is 4.61. The zero-order valence-corrected chi connectivity index (χ0v) is 18.5. The molecule has 0 radical (unpaired) electrons. The number of hydrogen-bond acceptors (Lipinski definition) is 7. The summed E-state index contributed by atoms with van der Waals surface area (Å²) in [4.78, 5) is 17.6. The number of benzene rings is 3. The summed E-state index contributed by atoms with van der Waals surface area (Å²) in [5.41, 5.74) is 1.40. The van der Waals surface area contributed by atoms with Gasteiger partial charge in [0.25, 0.3) is 0 Å². The summed E-state index contributed by atoms with van der Waals surface area (Å²) >= 11 is 0. The fourth-order valence-corrected chi connectivity index (χ4v) is 3.65. The molecule has 4 rings (SSSR count). The molecule has 0 amide bonds. The van der Waals surface area contributed by atoms with Gasteiger partial charge in [-0.2, -0.15) is 0 Å². The maximum atomic E-state index is 12.9. The molecule has 0 aliphatic heterocycles. The van der Waals surface area contributed by atoms with Crippen LogP contribution in [0.1, 0.15) is 16.7 Å². The Kier molecular flexibility index (Phi) is 6.31. The average molecular weight is 445 g/mol. The molecule has 0 bridgehead atoms. The first-order chi connectivity index (χ1) is 16.1. The van der Waals surface area contributed by atoms with E-state index in [1.165, 1.54) is 21.3 Å². The van der Waals surface area contributed by atoms with E-state index in [2.05, 4.69) is 0 Å². The molecule has 1 aromatic heterocycles. The van der Waals surface area contributed by atoms with E-state index in [0.717, 1.165) is 5.56 Å². The van der Waals surface area contributed by atoms with Crippen molar-refractivity contribution in [3.05, 3.63) is 93.8 Å². The van der Waals surface area contributed by atoms with Crippen LogP contribution in [-0.4, -0.2) is 32.1 Å². The van der Waals surface area contributed by atoms with Crippen LogP contribution in [0.15, 0.2) is 80.9 Å². The lowest BCUT2D eigenvalue weighted by molar-refractivity contribution is 0.324. The molecule has 1 N–H and O–H groups in total. The second-order valence-electron chi connectivity index (χ2n) is 7.17. The zero-order chi connectivity index (χ0) is 23.4. The number of hydrogen-bond donors (Lipinski definition) is 1. The number of ether oxygens (including phenoxy) is 3. The van der Waals surface area contributed by atoms with Gasteiger partial charge in [-0.15, -0.1) is 0 Å². The zero-order valence-electron chi connectivity index (χ0n) is 18.5. The lowest BCUT2D eigenvalue weighted by atomic mass is 10.0. The van der Waals surface area contributed by atoms with Crippen molar-refractivity contribution >= 4 is 16.7 Å². The minimum absolute atomic E-state index is 0.00680. The van der Waals surface area contributed by atoms with E-state index in [0.29, 0.717) is 39.5 Å². The highest BCUT2D eigenvalue weighted by molar-refractivity contribution is 6.15. The third kappa shape index (κ3) is 4.25. The Balaban J connectivity index is 1.88. The Labute approximate surface area is 190 Å². The first-order valence-electron chi connectivity index (χ1n) is 10.2. The first kappa shape index (κ1) is 22.0. The SMILES string of the molecule is COc1cc(CN=C(c2ccccc2)c2c(O)c3ccccc3oc2=O)cc(OC)c1OC. The smallest absolute Gasteiger partial charge is 0.349 e. The highest BCUT2D eigenvalue weighted by Crippen LogP contribution is 2.38. The van der Waals surface area contributed by atoms with Crippen molar-refractivity contribution in [1.29, 1.82) is 0 Å². The van der Waals surface area contributed by atoms with Crippen LogP contribution < -0.4 is 19.8 Å². The van der Waals surface area contributed by atoms with Gasteiger partial charge in [0.15, 0.2) is 11.5 Å². The Hall–Kier alpha value is -4.26. The van der Waals surface area contributed by atoms with E-state index in [1.807, 2.05) is 30.3 Å². The van der Waals surface area contributed by atoms with Crippen molar-refractivity contribution in [2.24, 2.45) is 4.99 Å². The fourth-order valence-electron chi connectivity index (χ4n) is 3.65. The first-order valence-corrected chi connectivity index (χ1v) is 10.2. The van der Waals surface area contributed by atoms with E-state index < -0.39 is 5.63 Å². The average Bonchev–Trinajstić information content (AvgIpc) is 2.85. The monoisotopic (exact) mass is 445 g/mol. The number of rotatable bonds is 7. The Bertz CT molecular complexity index is 1350. The highest BCUT2D eigenvalue weighted by Gasteiger charge is 2.21. The number of aromatic hydroxyl groups is 1. The molecule has 0 fully saturated rings. The van der Waals surface area contributed by atoms with Crippen molar-refractivity contribution in [3.63, 3.8) is 0 Å². The molecule has 3 aromatic carbocycles. The molecule has 0 unspecified atom stereocenters. The molecule has 7 nitrogen and oxygen atoms in total. The summed E-state index contributed by atoms with van der Waals surface area (Å²) in [6.07, 6.45) is 0. The van der Waals surface area contributed by atoms with Crippen LogP contribution in [0.2, 0.25) is 0 Å². The molecule has 7 heteroatoms. The van der Waals surface area contributed by atoms with Gasteiger partial charge < -0.3 is 23.7 Å². The van der Waals surface area contributed by atoms with Crippen molar-refractivity contribution < 1.29 is 23.7 Å². The molecule has 0 aliphatic rings. The van der Waals surface area contributed by atoms with Crippen LogP contribution in [0.5, 0.6) is 23.0 Å². The van der Waals surface area contributed by atoms with Crippen molar-refractivity contribution in [3.8, 4) is 23.0 Å². The molecule has 0 saturated carbocycles. The van der Waals surface area contributed by atoms with Crippen LogP contribution in [0.3, 0.4) is 0 Å². The molecule has 33 heavy (non-hydrogen) atoms. The largest absolute Gasteiger partial charge is 0.506 e. The Morgan fingerprint density at radius 3 is 2.18 bits per heavy atom. The maximum Gasteiger partial charge on any atom is 0.349 e. The van der Waals surface area contributed by atoms with Gasteiger partial charge in [-0.3, -0.25) is 4.99 Å². The lowest BCUT2D eigenvalue weighted by Gasteiger charge is -2.14. The highest BCUT2D eigenvalue weighted by atomic mass is 16.5. The van der Waals surface area contributed by atoms with Gasteiger partial charge in [0.2, 0.25) is 5.75 Å². The summed E-state index contributed by atoms with van der Waals surface area (Å²) in [5, 5.41) is 11.4. The van der Waals surface area contributed by atoms with Crippen molar-refractivity contribution in [2.75, 3.05) is 21.3 Å². The van der Waals surface area contributed by atoms with Crippen LogP contribution in [0.4, 0.5) is 0 Å². The van der Waals surface area contributed by atoms with Gasteiger partial charge in [0.1, 0.15) is 16.9 Å². The molecule has 0 aliphatic carbocycles. The summed E-state index contributed by atoms with van der Waals surface area (Å²) in [5.74, 6) is 1.30. The third-order valence-electron chi connectivity index (χ3n) is 5.21. The Morgan fingerprint density at radius 1 is 0.909 bits per heavy atom. The van der Waals surface area contributed by atoms with Crippen LogP contribution in [-0.2, 0) is 6.54 Å². The van der Waals surface area contributed by atoms with E-state index >= 15 is 0 Å². The number of nitrogens with zero attached hydrogens (tertiary/aromatic N) is 1. The summed E-state index contributed by atoms with van der Waals surface area (Å²) in [6.45, 7) is 0.187.